The molecule has 0 radical (unpaired) electrons. The highest BCUT2D eigenvalue weighted by atomic mass is 16.2. The number of hydrazine groups is 1. The first-order chi connectivity index (χ1) is 7.06. The summed E-state index contributed by atoms with van der Waals surface area (Å²) in [5, 5.41) is 0. The number of likely N-dealkylation sites (tertiary alicyclic amines) is 1. The first-order valence-corrected chi connectivity index (χ1v) is 5.84. The van der Waals surface area contributed by atoms with Gasteiger partial charge in [-0.2, -0.15) is 0 Å². The topological polar surface area (TPSA) is 58.4 Å². The molecule has 15 heavy (non-hydrogen) atoms. The molecule has 4 nitrogen and oxygen atoms in total. The molecule has 1 aliphatic heterocycles. The summed E-state index contributed by atoms with van der Waals surface area (Å²) < 4.78 is 0. The lowest BCUT2D eigenvalue weighted by atomic mass is 9.89. The number of carbonyl (C=O) groups is 1. The normalized spacial score (nSPS) is 27.1. The molecule has 2 atom stereocenters. The zero-order chi connectivity index (χ0) is 11.5. The van der Waals surface area contributed by atoms with Crippen molar-refractivity contribution in [2.45, 2.75) is 58.0 Å². The molecule has 1 saturated heterocycles. The maximum Gasteiger partial charge on any atom is 0.254 e. The van der Waals surface area contributed by atoms with Gasteiger partial charge < -0.3 is 0 Å². The lowest BCUT2D eigenvalue weighted by Crippen LogP contribution is -2.61. The molecule has 0 aromatic heterocycles. The van der Waals surface area contributed by atoms with Gasteiger partial charge in [-0.15, -0.1) is 0 Å². The molecule has 1 amide bonds. The van der Waals surface area contributed by atoms with E-state index in [0.717, 1.165) is 13.0 Å². The Hall–Kier alpha value is -0.610. The van der Waals surface area contributed by atoms with Crippen molar-refractivity contribution in [2.75, 3.05) is 6.54 Å². The molecule has 1 fully saturated rings. The van der Waals surface area contributed by atoms with Crippen molar-refractivity contribution in [3.8, 4) is 0 Å². The molecular weight excluding hydrogens is 190 g/mol. The Morgan fingerprint density at radius 3 is 2.73 bits per heavy atom. The molecule has 0 aliphatic carbocycles. The SMILES string of the molecule is CC[C@@](C)(C(=O)NN)N1CCCC[C@H]1C. The number of nitrogens with zero attached hydrogens (tertiary/aromatic N) is 1. The van der Waals surface area contributed by atoms with Gasteiger partial charge in [0.2, 0.25) is 0 Å². The van der Waals surface area contributed by atoms with Crippen LogP contribution in [0.1, 0.15) is 46.5 Å². The van der Waals surface area contributed by atoms with Crippen LogP contribution in [0.3, 0.4) is 0 Å². The number of rotatable bonds is 3. The molecule has 0 aromatic rings. The zero-order valence-corrected chi connectivity index (χ0v) is 10.0. The summed E-state index contributed by atoms with van der Waals surface area (Å²) in [6.07, 6.45) is 4.41. The smallest absolute Gasteiger partial charge is 0.254 e. The van der Waals surface area contributed by atoms with E-state index >= 15 is 0 Å². The molecular formula is C11H23N3O. The summed E-state index contributed by atoms with van der Waals surface area (Å²) in [6, 6.07) is 0.473. The van der Waals surface area contributed by atoms with Gasteiger partial charge in [0.25, 0.3) is 5.91 Å². The fraction of sp³-hybridized carbons (Fsp3) is 0.909. The number of amides is 1. The molecule has 1 aliphatic rings. The maximum atomic E-state index is 11.8. The predicted molar refractivity (Wildman–Crippen MR) is 61.0 cm³/mol. The number of carbonyl (C=O) groups excluding carboxylic acids is 1. The lowest BCUT2D eigenvalue weighted by molar-refractivity contribution is -0.135. The van der Waals surface area contributed by atoms with Gasteiger partial charge in [-0.25, -0.2) is 5.84 Å². The number of hydrogen-bond acceptors (Lipinski definition) is 3. The van der Waals surface area contributed by atoms with Crippen LogP contribution in [0.5, 0.6) is 0 Å². The van der Waals surface area contributed by atoms with E-state index in [-0.39, 0.29) is 5.91 Å². The average molecular weight is 213 g/mol. The first kappa shape index (κ1) is 12.5. The molecule has 0 aromatic carbocycles. The Kier molecular flexibility index (Phi) is 4.11. The van der Waals surface area contributed by atoms with E-state index in [0.29, 0.717) is 6.04 Å². The largest absolute Gasteiger partial charge is 0.293 e. The minimum atomic E-state index is -0.450. The van der Waals surface area contributed by atoms with Crippen molar-refractivity contribution in [1.29, 1.82) is 0 Å². The summed E-state index contributed by atoms with van der Waals surface area (Å²) in [4.78, 5) is 14.1. The molecule has 3 N–H and O–H groups in total. The molecule has 88 valence electrons. The van der Waals surface area contributed by atoms with Crippen molar-refractivity contribution < 1.29 is 4.79 Å². The summed E-state index contributed by atoms with van der Waals surface area (Å²) in [7, 11) is 0. The monoisotopic (exact) mass is 213 g/mol. The molecule has 1 heterocycles. The van der Waals surface area contributed by atoms with Crippen LogP contribution in [0, 0.1) is 0 Å². The van der Waals surface area contributed by atoms with Gasteiger partial charge in [0.05, 0.1) is 5.54 Å². The van der Waals surface area contributed by atoms with Crippen molar-refractivity contribution in [3.63, 3.8) is 0 Å². The van der Waals surface area contributed by atoms with Gasteiger partial charge in [0.15, 0.2) is 0 Å². The lowest BCUT2D eigenvalue weighted by Gasteiger charge is -2.45. The van der Waals surface area contributed by atoms with E-state index in [9.17, 15) is 4.79 Å². The second kappa shape index (κ2) is 4.94. The summed E-state index contributed by atoms with van der Waals surface area (Å²) in [6.45, 7) is 7.21. The van der Waals surface area contributed by atoms with Gasteiger partial charge in [-0.3, -0.25) is 15.1 Å². The van der Waals surface area contributed by atoms with Crippen LogP contribution in [-0.4, -0.2) is 28.9 Å². The average Bonchev–Trinajstić information content (AvgIpc) is 2.27. The first-order valence-electron chi connectivity index (χ1n) is 5.84. The quantitative estimate of drug-likeness (QED) is 0.418. The van der Waals surface area contributed by atoms with Crippen LogP contribution in [0.15, 0.2) is 0 Å². The van der Waals surface area contributed by atoms with Crippen LogP contribution in [0.25, 0.3) is 0 Å². The van der Waals surface area contributed by atoms with E-state index in [1.54, 1.807) is 0 Å². The second-order valence-corrected chi connectivity index (χ2v) is 4.64. The third-order valence-corrected chi connectivity index (χ3v) is 3.75. The van der Waals surface area contributed by atoms with Crippen LogP contribution in [0.4, 0.5) is 0 Å². The summed E-state index contributed by atoms with van der Waals surface area (Å²) in [5.41, 5.74) is 1.84. The van der Waals surface area contributed by atoms with Crippen LogP contribution in [-0.2, 0) is 4.79 Å². The molecule has 1 rings (SSSR count). The van der Waals surface area contributed by atoms with Crippen LogP contribution >= 0.6 is 0 Å². The Labute approximate surface area is 92.2 Å². The van der Waals surface area contributed by atoms with Crippen LogP contribution in [0.2, 0.25) is 0 Å². The zero-order valence-electron chi connectivity index (χ0n) is 10.0. The Morgan fingerprint density at radius 2 is 2.27 bits per heavy atom. The summed E-state index contributed by atoms with van der Waals surface area (Å²) in [5.74, 6) is 5.19. The van der Waals surface area contributed by atoms with Gasteiger partial charge in [-0.05, 0) is 39.7 Å². The van der Waals surface area contributed by atoms with E-state index in [1.807, 2.05) is 13.8 Å². The van der Waals surface area contributed by atoms with Crippen molar-refractivity contribution in [2.24, 2.45) is 5.84 Å². The number of nitrogens with one attached hydrogen (secondary N) is 1. The Balaban J connectivity index is 2.83. The highest BCUT2D eigenvalue weighted by molar-refractivity contribution is 5.85. The Morgan fingerprint density at radius 1 is 1.60 bits per heavy atom. The number of hydrogen-bond donors (Lipinski definition) is 2. The van der Waals surface area contributed by atoms with Crippen LogP contribution < -0.4 is 11.3 Å². The van der Waals surface area contributed by atoms with Gasteiger partial charge >= 0.3 is 0 Å². The predicted octanol–water partition coefficient (Wildman–Crippen LogP) is 1.02. The molecule has 4 heteroatoms. The van der Waals surface area contributed by atoms with E-state index in [4.69, 9.17) is 5.84 Å². The van der Waals surface area contributed by atoms with Crippen molar-refractivity contribution >= 4 is 5.91 Å². The summed E-state index contributed by atoms with van der Waals surface area (Å²) >= 11 is 0. The van der Waals surface area contributed by atoms with E-state index in [2.05, 4.69) is 17.2 Å². The third kappa shape index (κ3) is 2.32. The fourth-order valence-corrected chi connectivity index (χ4v) is 2.48. The highest BCUT2D eigenvalue weighted by Crippen LogP contribution is 2.28. The van der Waals surface area contributed by atoms with E-state index < -0.39 is 5.54 Å². The molecule has 0 unspecified atom stereocenters. The van der Waals surface area contributed by atoms with Gasteiger partial charge in [0.1, 0.15) is 0 Å². The minimum absolute atomic E-state index is 0.0706. The van der Waals surface area contributed by atoms with E-state index in [1.165, 1.54) is 19.3 Å². The third-order valence-electron chi connectivity index (χ3n) is 3.75. The second-order valence-electron chi connectivity index (χ2n) is 4.64. The van der Waals surface area contributed by atoms with Crippen molar-refractivity contribution in [3.05, 3.63) is 0 Å². The number of piperidine rings is 1. The molecule has 0 spiro atoms. The minimum Gasteiger partial charge on any atom is -0.293 e. The molecule has 0 bridgehead atoms. The molecule has 0 saturated carbocycles. The standard InChI is InChI=1S/C11H23N3O/c1-4-11(3,10(15)13-12)14-8-6-5-7-9(14)2/h9H,4-8,12H2,1-3H3,(H,13,15)/t9-,11+/m1/s1. The highest BCUT2D eigenvalue weighted by Gasteiger charge is 2.40. The fourth-order valence-electron chi connectivity index (χ4n) is 2.48. The van der Waals surface area contributed by atoms with Crippen molar-refractivity contribution in [1.82, 2.24) is 10.3 Å². The number of nitrogens with two attached hydrogens (primary N) is 1. The maximum absolute atomic E-state index is 11.8. The van der Waals surface area contributed by atoms with Gasteiger partial charge in [0, 0.05) is 6.04 Å². The van der Waals surface area contributed by atoms with Gasteiger partial charge in [-0.1, -0.05) is 13.3 Å². The Bertz CT molecular complexity index is 232.